The molecule has 1 aromatic carbocycles. The lowest BCUT2D eigenvalue weighted by molar-refractivity contribution is 0.0379. The summed E-state index contributed by atoms with van der Waals surface area (Å²) in [6.07, 6.45) is 1.36. The van der Waals surface area contributed by atoms with Crippen LogP contribution in [0, 0.1) is 0 Å². The number of benzene rings is 1. The maximum atomic E-state index is 11.8. The van der Waals surface area contributed by atoms with Gasteiger partial charge in [0.2, 0.25) is 0 Å². The largest absolute Gasteiger partial charge is 0.459 e. The zero-order valence-electron chi connectivity index (χ0n) is 9.81. The molecule has 1 aromatic heterocycles. The molecule has 2 rings (SSSR count). The van der Waals surface area contributed by atoms with E-state index in [9.17, 15) is 4.79 Å². The number of carbonyl (C=O) groups is 1. The number of carbonyl (C=O) groups excluding carboxylic acids is 1. The maximum Gasteiger partial charge on any atom is 0.342 e. The van der Waals surface area contributed by atoms with E-state index in [4.69, 9.17) is 4.74 Å². The third-order valence-electron chi connectivity index (χ3n) is 2.26. The van der Waals surface area contributed by atoms with Gasteiger partial charge in [-0.2, -0.15) is 5.10 Å². The minimum atomic E-state index is -0.354. The molecule has 0 aliphatic carbocycles. The van der Waals surface area contributed by atoms with Crippen LogP contribution in [-0.2, 0) is 4.74 Å². The first-order valence-electron chi connectivity index (χ1n) is 5.48. The Balaban J connectivity index is 2.32. The summed E-state index contributed by atoms with van der Waals surface area (Å²) in [6, 6.07) is 9.58. The van der Waals surface area contributed by atoms with Crippen LogP contribution in [0.15, 0.2) is 36.5 Å². The maximum absolute atomic E-state index is 11.8. The van der Waals surface area contributed by atoms with E-state index in [1.165, 1.54) is 6.20 Å². The summed E-state index contributed by atoms with van der Waals surface area (Å²) in [4.78, 5) is 11.8. The van der Waals surface area contributed by atoms with Crippen LogP contribution in [0.25, 0.3) is 11.3 Å². The molecule has 0 bridgehead atoms. The number of rotatable bonds is 3. The molecule has 17 heavy (non-hydrogen) atoms. The van der Waals surface area contributed by atoms with Gasteiger partial charge in [0.05, 0.1) is 18.0 Å². The smallest absolute Gasteiger partial charge is 0.342 e. The Kier molecular flexibility index (Phi) is 3.23. The minimum absolute atomic E-state index is 0.138. The van der Waals surface area contributed by atoms with Gasteiger partial charge in [0, 0.05) is 5.56 Å². The van der Waals surface area contributed by atoms with Crippen molar-refractivity contribution in [2.45, 2.75) is 20.0 Å². The van der Waals surface area contributed by atoms with Gasteiger partial charge in [-0.1, -0.05) is 30.3 Å². The van der Waals surface area contributed by atoms with Gasteiger partial charge in [0.15, 0.2) is 0 Å². The first kappa shape index (κ1) is 11.4. The van der Waals surface area contributed by atoms with Crippen molar-refractivity contribution in [3.05, 3.63) is 42.1 Å². The van der Waals surface area contributed by atoms with Crippen LogP contribution in [0.2, 0.25) is 0 Å². The average Bonchev–Trinajstić information content (AvgIpc) is 2.78. The van der Waals surface area contributed by atoms with Crippen LogP contribution in [0.4, 0.5) is 0 Å². The van der Waals surface area contributed by atoms with Crippen LogP contribution < -0.4 is 0 Å². The predicted octanol–water partition coefficient (Wildman–Crippen LogP) is 2.64. The van der Waals surface area contributed by atoms with Gasteiger partial charge >= 0.3 is 5.97 Å². The lowest BCUT2D eigenvalue weighted by Gasteiger charge is -2.07. The zero-order chi connectivity index (χ0) is 12.3. The van der Waals surface area contributed by atoms with Gasteiger partial charge < -0.3 is 4.74 Å². The van der Waals surface area contributed by atoms with E-state index in [0.717, 1.165) is 5.56 Å². The summed E-state index contributed by atoms with van der Waals surface area (Å²) in [6.45, 7) is 3.64. The fraction of sp³-hybridized carbons (Fsp3) is 0.231. The quantitative estimate of drug-likeness (QED) is 0.825. The van der Waals surface area contributed by atoms with Crippen molar-refractivity contribution >= 4 is 5.97 Å². The minimum Gasteiger partial charge on any atom is -0.459 e. The highest BCUT2D eigenvalue weighted by molar-refractivity contribution is 5.95. The van der Waals surface area contributed by atoms with E-state index in [-0.39, 0.29) is 12.1 Å². The first-order valence-corrected chi connectivity index (χ1v) is 5.48. The summed E-state index contributed by atoms with van der Waals surface area (Å²) in [5, 5.41) is 6.73. The monoisotopic (exact) mass is 230 g/mol. The average molecular weight is 230 g/mol. The standard InChI is InChI=1S/C13H14N2O2/c1-9(2)17-13(16)11-8-14-15-12(11)10-6-4-3-5-7-10/h3-9H,1-2H3,(H,14,15). The molecule has 0 saturated heterocycles. The van der Waals surface area contributed by atoms with E-state index in [1.54, 1.807) is 0 Å². The van der Waals surface area contributed by atoms with Crippen molar-refractivity contribution in [2.24, 2.45) is 0 Å². The highest BCUT2D eigenvalue weighted by Crippen LogP contribution is 2.21. The molecular formula is C13H14N2O2. The second-order valence-electron chi connectivity index (χ2n) is 3.98. The molecule has 4 nitrogen and oxygen atoms in total. The van der Waals surface area contributed by atoms with Gasteiger partial charge in [-0.25, -0.2) is 4.79 Å². The Morgan fingerprint density at radius 2 is 2.00 bits per heavy atom. The summed E-state index contributed by atoms with van der Waals surface area (Å²) in [7, 11) is 0. The van der Waals surface area contributed by atoms with Crippen molar-refractivity contribution < 1.29 is 9.53 Å². The second-order valence-corrected chi connectivity index (χ2v) is 3.98. The lowest BCUT2D eigenvalue weighted by atomic mass is 10.1. The Morgan fingerprint density at radius 1 is 1.29 bits per heavy atom. The summed E-state index contributed by atoms with van der Waals surface area (Å²) in [5.74, 6) is -0.354. The Labute approximate surface area is 99.6 Å². The fourth-order valence-corrected chi connectivity index (χ4v) is 1.54. The van der Waals surface area contributed by atoms with Gasteiger partial charge in [0.1, 0.15) is 5.56 Å². The van der Waals surface area contributed by atoms with Crippen LogP contribution >= 0.6 is 0 Å². The third kappa shape index (κ3) is 2.53. The number of nitrogens with zero attached hydrogens (tertiary/aromatic N) is 1. The second kappa shape index (κ2) is 4.82. The number of nitrogens with one attached hydrogen (secondary N) is 1. The third-order valence-corrected chi connectivity index (χ3v) is 2.26. The molecule has 0 spiro atoms. The van der Waals surface area contributed by atoms with E-state index in [0.29, 0.717) is 11.3 Å². The molecule has 0 aliphatic rings. The molecule has 0 atom stereocenters. The van der Waals surface area contributed by atoms with E-state index >= 15 is 0 Å². The van der Waals surface area contributed by atoms with Crippen molar-refractivity contribution in [3.8, 4) is 11.3 Å². The summed E-state index contributed by atoms with van der Waals surface area (Å²) >= 11 is 0. The van der Waals surface area contributed by atoms with E-state index in [1.807, 2.05) is 44.2 Å². The Hall–Kier alpha value is -2.10. The van der Waals surface area contributed by atoms with E-state index < -0.39 is 0 Å². The topological polar surface area (TPSA) is 55.0 Å². The van der Waals surface area contributed by atoms with Crippen LogP contribution in [0.3, 0.4) is 0 Å². The summed E-state index contributed by atoms with van der Waals surface area (Å²) in [5.41, 5.74) is 2.07. The summed E-state index contributed by atoms with van der Waals surface area (Å²) < 4.78 is 5.16. The van der Waals surface area contributed by atoms with Crippen molar-refractivity contribution in [1.82, 2.24) is 10.2 Å². The number of aromatic nitrogens is 2. The molecule has 2 aromatic rings. The SMILES string of the molecule is CC(C)OC(=O)c1cn[nH]c1-c1ccccc1. The molecule has 0 amide bonds. The van der Waals surface area contributed by atoms with E-state index in [2.05, 4.69) is 10.2 Å². The van der Waals surface area contributed by atoms with Crippen LogP contribution in [-0.4, -0.2) is 22.3 Å². The number of esters is 1. The molecule has 4 heteroatoms. The van der Waals surface area contributed by atoms with Gasteiger partial charge in [-0.05, 0) is 13.8 Å². The Bertz CT molecular complexity index is 503. The van der Waals surface area contributed by atoms with Gasteiger partial charge in [-0.3, -0.25) is 5.10 Å². The zero-order valence-corrected chi connectivity index (χ0v) is 9.81. The number of aromatic amines is 1. The molecule has 0 radical (unpaired) electrons. The predicted molar refractivity (Wildman–Crippen MR) is 64.6 cm³/mol. The lowest BCUT2D eigenvalue weighted by Crippen LogP contribution is -2.11. The fourth-order valence-electron chi connectivity index (χ4n) is 1.54. The molecule has 1 heterocycles. The highest BCUT2D eigenvalue weighted by Gasteiger charge is 2.17. The molecule has 0 fully saturated rings. The van der Waals surface area contributed by atoms with Crippen molar-refractivity contribution in [1.29, 1.82) is 0 Å². The highest BCUT2D eigenvalue weighted by atomic mass is 16.5. The number of H-pyrrole nitrogens is 1. The molecule has 0 saturated carbocycles. The Morgan fingerprint density at radius 3 is 2.65 bits per heavy atom. The number of hydrogen-bond donors (Lipinski definition) is 1. The van der Waals surface area contributed by atoms with Crippen LogP contribution in [0.5, 0.6) is 0 Å². The van der Waals surface area contributed by atoms with Crippen LogP contribution in [0.1, 0.15) is 24.2 Å². The van der Waals surface area contributed by atoms with Crippen molar-refractivity contribution in [2.75, 3.05) is 0 Å². The molecule has 88 valence electrons. The molecule has 1 N–H and O–H groups in total. The molecule has 0 unspecified atom stereocenters. The molecular weight excluding hydrogens is 216 g/mol. The number of hydrogen-bond acceptors (Lipinski definition) is 3. The normalized spacial score (nSPS) is 10.5. The van der Waals surface area contributed by atoms with Gasteiger partial charge in [-0.15, -0.1) is 0 Å². The van der Waals surface area contributed by atoms with Crippen molar-refractivity contribution in [3.63, 3.8) is 0 Å². The first-order chi connectivity index (χ1) is 8.18. The molecule has 0 aliphatic heterocycles. The number of ether oxygens (including phenoxy) is 1. The van der Waals surface area contributed by atoms with Gasteiger partial charge in [0.25, 0.3) is 0 Å².